The lowest BCUT2D eigenvalue weighted by molar-refractivity contribution is -0.213. The fourth-order valence-corrected chi connectivity index (χ4v) is 4.03. The third-order valence-electron chi connectivity index (χ3n) is 2.06. The Kier molecular flexibility index (Phi) is 8.02. The Morgan fingerprint density at radius 3 is 1.80 bits per heavy atom. The molecule has 0 spiro atoms. The van der Waals surface area contributed by atoms with Gasteiger partial charge in [-0.2, -0.15) is 13.2 Å². The second-order valence-corrected chi connectivity index (χ2v) is 6.06. The number of carbonyl (C=O) groups excluding carboxylic acids is 1. The summed E-state index contributed by atoms with van der Waals surface area (Å²) in [6.45, 7) is 7.38. The molecule has 0 aliphatic rings. The quantitative estimate of drug-likeness (QED) is 0.371. The van der Waals surface area contributed by atoms with E-state index in [2.05, 4.69) is 11.3 Å². The van der Waals surface area contributed by atoms with Crippen molar-refractivity contribution < 1.29 is 36.0 Å². The molecule has 0 bridgehead atoms. The van der Waals surface area contributed by atoms with Crippen LogP contribution in [-0.4, -0.2) is 46.5 Å². The van der Waals surface area contributed by atoms with E-state index in [9.17, 15) is 18.0 Å². The van der Waals surface area contributed by atoms with E-state index in [1.807, 2.05) is 0 Å². The maximum atomic E-state index is 13.2. The third-order valence-corrected chi connectivity index (χ3v) is 5.22. The molecule has 20 heavy (non-hydrogen) atoms. The van der Waals surface area contributed by atoms with Gasteiger partial charge in [-0.1, -0.05) is 6.58 Å². The molecule has 0 aromatic rings. The van der Waals surface area contributed by atoms with Crippen molar-refractivity contribution >= 4 is 14.8 Å². The summed E-state index contributed by atoms with van der Waals surface area (Å²) >= 11 is 0. The van der Waals surface area contributed by atoms with Gasteiger partial charge in [-0.25, -0.2) is 4.79 Å². The summed E-state index contributed by atoms with van der Waals surface area (Å²) in [4.78, 5) is 11.1. The fraction of sp³-hybridized carbons (Fsp3) is 0.727. The van der Waals surface area contributed by atoms with Gasteiger partial charge in [-0.15, -0.1) is 0 Å². The molecular formula is C11H19F3O5Si. The lowest BCUT2D eigenvalue weighted by Crippen LogP contribution is -2.63. The van der Waals surface area contributed by atoms with Gasteiger partial charge in [0, 0.05) is 25.9 Å². The zero-order valence-corrected chi connectivity index (χ0v) is 12.7. The molecule has 0 aromatic heterocycles. The first kappa shape index (κ1) is 19.1. The summed E-state index contributed by atoms with van der Waals surface area (Å²) in [6, 6.07) is 0. The topological polar surface area (TPSA) is 54.0 Å². The van der Waals surface area contributed by atoms with Crippen LogP contribution in [0.25, 0.3) is 0 Å². The third kappa shape index (κ3) is 5.23. The van der Waals surface area contributed by atoms with Crippen LogP contribution in [0.15, 0.2) is 12.7 Å². The van der Waals surface area contributed by atoms with E-state index in [0.29, 0.717) is 6.08 Å². The van der Waals surface area contributed by atoms with Crippen molar-refractivity contribution in [2.75, 3.05) is 19.8 Å². The molecule has 0 heterocycles. The smallest absolute Gasteiger partial charge is 0.445 e. The molecule has 1 atom stereocenters. The molecule has 1 unspecified atom stereocenters. The average Bonchev–Trinajstić information content (AvgIpc) is 2.35. The fourth-order valence-electron chi connectivity index (χ4n) is 1.46. The van der Waals surface area contributed by atoms with Gasteiger partial charge in [0.25, 0.3) is 5.73 Å². The van der Waals surface area contributed by atoms with Gasteiger partial charge in [-0.05, 0) is 20.8 Å². The molecule has 0 radical (unpaired) electrons. The molecule has 0 saturated carbocycles. The number of hydrogen-bond donors (Lipinski definition) is 0. The predicted molar refractivity (Wildman–Crippen MR) is 66.8 cm³/mol. The highest BCUT2D eigenvalue weighted by Crippen LogP contribution is 2.32. The number of alkyl halides is 3. The van der Waals surface area contributed by atoms with Crippen molar-refractivity contribution in [3.05, 3.63) is 12.7 Å². The zero-order chi connectivity index (χ0) is 15.8. The SMILES string of the molecule is C=CC(=O)OC(C(F)(F)F)[Si](OCC)(OCC)OCC. The van der Waals surface area contributed by atoms with Crippen molar-refractivity contribution in [3.8, 4) is 0 Å². The molecular weight excluding hydrogens is 297 g/mol. The average molecular weight is 316 g/mol. The summed E-state index contributed by atoms with van der Waals surface area (Å²) in [7, 11) is -4.26. The molecule has 118 valence electrons. The van der Waals surface area contributed by atoms with Crippen LogP contribution in [0.3, 0.4) is 0 Å². The molecule has 5 nitrogen and oxygen atoms in total. The van der Waals surface area contributed by atoms with E-state index in [4.69, 9.17) is 13.3 Å². The summed E-state index contributed by atoms with van der Waals surface area (Å²) in [5.74, 6) is -1.22. The predicted octanol–water partition coefficient (Wildman–Crippen LogP) is 2.23. The molecule has 0 aliphatic carbocycles. The van der Waals surface area contributed by atoms with Gasteiger partial charge in [0.1, 0.15) is 0 Å². The maximum absolute atomic E-state index is 13.2. The Morgan fingerprint density at radius 1 is 1.15 bits per heavy atom. The number of carbonyl (C=O) groups is 1. The summed E-state index contributed by atoms with van der Waals surface area (Å²) < 4.78 is 59.2. The van der Waals surface area contributed by atoms with E-state index in [-0.39, 0.29) is 19.8 Å². The molecule has 0 amide bonds. The molecule has 9 heteroatoms. The first-order chi connectivity index (χ1) is 9.27. The normalized spacial score (nSPS) is 13.9. The second kappa shape index (κ2) is 8.40. The first-order valence-corrected chi connectivity index (χ1v) is 7.89. The Hall–Kier alpha value is -0.903. The van der Waals surface area contributed by atoms with Crippen LogP contribution < -0.4 is 0 Å². The number of ether oxygens (including phenoxy) is 1. The van der Waals surface area contributed by atoms with Crippen molar-refractivity contribution in [1.82, 2.24) is 0 Å². The Balaban J connectivity index is 5.56. The largest absolute Gasteiger partial charge is 0.553 e. The highest BCUT2D eigenvalue weighted by molar-refractivity contribution is 6.62. The highest BCUT2D eigenvalue weighted by Gasteiger charge is 2.65. The number of halogens is 3. The van der Waals surface area contributed by atoms with Crippen molar-refractivity contribution in [1.29, 1.82) is 0 Å². The zero-order valence-electron chi connectivity index (χ0n) is 11.7. The Labute approximate surface area is 117 Å². The van der Waals surface area contributed by atoms with E-state index < -0.39 is 26.7 Å². The maximum Gasteiger partial charge on any atom is 0.553 e. The van der Waals surface area contributed by atoms with Crippen LogP contribution in [0.4, 0.5) is 13.2 Å². The van der Waals surface area contributed by atoms with Crippen LogP contribution in [0.1, 0.15) is 20.8 Å². The van der Waals surface area contributed by atoms with E-state index in [0.717, 1.165) is 0 Å². The van der Waals surface area contributed by atoms with Crippen LogP contribution in [-0.2, 0) is 22.8 Å². The monoisotopic (exact) mass is 316 g/mol. The van der Waals surface area contributed by atoms with Gasteiger partial charge in [0.2, 0.25) is 0 Å². The molecule has 0 fully saturated rings. The summed E-state index contributed by atoms with van der Waals surface area (Å²) in [5, 5.41) is 0. The standard InChI is InChI=1S/C11H19F3O5Si/c1-5-9(15)19-10(11(12,13)14)20(16-6-2,17-7-3)18-8-4/h5,10H,1,6-8H2,2-4H3. The van der Waals surface area contributed by atoms with Crippen LogP contribution in [0, 0.1) is 0 Å². The number of hydrogen-bond acceptors (Lipinski definition) is 5. The van der Waals surface area contributed by atoms with E-state index in [1.165, 1.54) is 20.8 Å². The lowest BCUT2D eigenvalue weighted by Gasteiger charge is -2.34. The Bertz CT molecular complexity index is 305. The van der Waals surface area contributed by atoms with Crippen LogP contribution >= 0.6 is 0 Å². The van der Waals surface area contributed by atoms with Gasteiger partial charge in [-0.3, -0.25) is 0 Å². The minimum absolute atomic E-state index is 0.0650. The van der Waals surface area contributed by atoms with Gasteiger partial charge in [0.15, 0.2) is 0 Å². The highest BCUT2D eigenvalue weighted by atomic mass is 28.4. The van der Waals surface area contributed by atoms with Crippen molar-refractivity contribution in [2.24, 2.45) is 0 Å². The van der Waals surface area contributed by atoms with Gasteiger partial charge < -0.3 is 18.0 Å². The van der Waals surface area contributed by atoms with Crippen LogP contribution in [0.2, 0.25) is 0 Å². The van der Waals surface area contributed by atoms with Crippen molar-refractivity contribution in [2.45, 2.75) is 32.7 Å². The van der Waals surface area contributed by atoms with E-state index in [1.54, 1.807) is 0 Å². The van der Waals surface area contributed by atoms with Crippen LogP contribution in [0.5, 0.6) is 0 Å². The van der Waals surface area contributed by atoms with Crippen molar-refractivity contribution in [3.63, 3.8) is 0 Å². The minimum atomic E-state index is -4.87. The second-order valence-electron chi connectivity index (χ2n) is 3.47. The minimum Gasteiger partial charge on any atom is -0.445 e. The van der Waals surface area contributed by atoms with Gasteiger partial charge in [0.05, 0.1) is 0 Å². The van der Waals surface area contributed by atoms with E-state index >= 15 is 0 Å². The molecule has 0 aliphatic heterocycles. The summed E-state index contributed by atoms with van der Waals surface area (Å²) in [6.07, 6.45) is -4.23. The lowest BCUT2D eigenvalue weighted by atomic mass is 10.6. The van der Waals surface area contributed by atoms with Gasteiger partial charge >= 0.3 is 21.0 Å². The molecule has 0 N–H and O–H groups in total. The molecule has 0 rings (SSSR count). The Morgan fingerprint density at radius 2 is 1.55 bits per heavy atom. The number of esters is 1. The first-order valence-electron chi connectivity index (χ1n) is 6.08. The molecule has 0 aromatic carbocycles. The molecule has 0 saturated heterocycles. The number of rotatable bonds is 9. The summed E-state index contributed by atoms with van der Waals surface area (Å²) in [5.41, 5.74) is -2.58.